The van der Waals surface area contributed by atoms with Crippen LogP contribution in [0.2, 0.25) is 0 Å². The van der Waals surface area contributed by atoms with Crippen molar-refractivity contribution in [3.8, 4) is 0 Å². The quantitative estimate of drug-likeness (QED) is 0.494. The number of nitro groups is 2. The molecule has 116 valence electrons. The van der Waals surface area contributed by atoms with Gasteiger partial charge in [-0.1, -0.05) is 0 Å². The van der Waals surface area contributed by atoms with Gasteiger partial charge in [-0.25, -0.2) is 0 Å². The fourth-order valence-corrected chi connectivity index (χ4v) is 1.78. The molecule has 0 fully saturated rings. The van der Waals surface area contributed by atoms with Gasteiger partial charge in [0.05, 0.1) is 15.9 Å². The van der Waals surface area contributed by atoms with Crippen molar-refractivity contribution in [3.63, 3.8) is 0 Å². The third-order valence-electron chi connectivity index (χ3n) is 2.87. The number of hydrogen-bond donors (Lipinski definition) is 2. The van der Waals surface area contributed by atoms with E-state index in [9.17, 15) is 20.2 Å². The first kappa shape index (κ1) is 17.2. The lowest BCUT2D eigenvalue weighted by molar-refractivity contribution is -0.394. The number of nitrogens with zero attached hydrogens (tertiary/aromatic N) is 2. The summed E-state index contributed by atoms with van der Waals surface area (Å²) in [6, 6.07) is 10.5. The van der Waals surface area contributed by atoms with Crippen LogP contribution in [0.5, 0.6) is 0 Å². The van der Waals surface area contributed by atoms with Crippen LogP contribution in [-0.4, -0.2) is 9.85 Å². The lowest BCUT2D eigenvalue weighted by Gasteiger charge is -2.07. The molecule has 0 aliphatic carbocycles. The molecule has 3 N–H and O–H groups in total. The van der Waals surface area contributed by atoms with Gasteiger partial charge in [0.25, 0.3) is 11.4 Å². The molecule has 0 radical (unpaired) electrons. The van der Waals surface area contributed by atoms with Crippen LogP contribution >= 0.6 is 12.4 Å². The maximum absolute atomic E-state index is 11.0. The van der Waals surface area contributed by atoms with Crippen molar-refractivity contribution < 1.29 is 9.85 Å². The predicted molar refractivity (Wildman–Crippen MR) is 85.2 cm³/mol. The molecule has 0 saturated carbocycles. The van der Waals surface area contributed by atoms with Crippen LogP contribution in [0, 0.1) is 20.2 Å². The van der Waals surface area contributed by atoms with Crippen LogP contribution in [0.3, 0.4) is 0 Å². The van der Waals surface area contributed by atoms with Gasteiger partial charge < -0.3 is 11.1 Å². The van der Waals surface area contributed by atoms with Crippen molar-refractivity contribution in [3.05, 3.63) is 68.3 Å². The second kappa shape index (κ2) is 7.23. The first-order valence-electron chi connectivity index (χ1n) is 5.98. The Bertz CT molecular complexity index is 691. The standard InChI is InChI=1S/C13H12N4O4.ClH/c14-10-2-4-11(5-3-10)15-8-9-1-6-12(16(18)19)7-13(9)17(20)21;/h1-7,15H,8,14H2;1H. The molecule has 0 atom stereocenters. The van der Waals surface area contributed by atoms with Gasteiger partial charge in [-0.2, -0.15) is 0 Å². The lowest BCUT2D eigenvalue weighted by Crippen LogP contribution is -2.04. The number of nitrogens with two attached hydrogens (primary N) is 1. The summed E-state index contributed by atoms with van der Waals surface area (Å²) in [5, 5.41) is 24.6. The van der Waals surface area contributed by atoms with E-state index in [-0.39, 0.29) is 30.3 Å². The fourth-order valence-electron chi connectivity index (χ4n) is 1.78. The van der Waals surface area contributed by atoms with E-state index in [2.05, 4.69) is 5.32 Å². The molecule has 0 amide bonds. The molecule has 0 spiro atoms. The molecule has 0 heterocycles. The summed E-state index contributed by atoms with van der Waals surface area (Å²) in [6.07, 6.45) is 0. The number of hydrogen-bond acceptors (Lipinski definition) is 6. The predicted octanol–water partition coefficient (Wildman–Crippen LogP) is 3.12. The summed E-state index contributed by atoms with van der Waals surface area (Å²) in [6.45, 7) is 0.179. The highest BCUT2D eigenvalue weighted by Gasteiger charge is 2.18. The summed E-state index contributed by atoms with van der Waals surface area (Å²) in [4.78, 5) is 20.4. The maximum atomic E-state index is 11.0. The summed E-state index contributed by atoms with van der Waals surface area (Å²) in [7, 11) is 0. The second-order valence-corrected chi connectivity index (χ2v) is 4.30. The van der Waals surface area contributed by atoms with E-state index in [1.54, 1.807) is 24.3 Å². The molecule has 0 unspecified atom stereocenters. The molecule has 0 aliphatic rings. The number of nitrogens with one attached hydrogen (secondary N) is 1. The van der Waals surface area contributed by atoms with Gasteiger partial charge >= 0.3 is 0 Å². The van der Waals surface area contributed by atoms with Gasteiger partial charge in [0.15, 0.2) is 0 Å². The van der Waals surface area contributed by atoms with E-state index in [0.29, 0.717) is 11.3 Å². The SMILES string of the molecule is Cl.Nc1ccc(NCc2ccc([N+](=O)[O-])cc2[N+](=O)[O-])cc1. The number of anilines is 2. The number of non-ortho nitro benzene ring substituents is 1. The van der Waals surface area contributed by atoms with Crippen LogP contribution in [0.1, 0.15) is 5.56 Å². The Labute approximate surface area is 131 Å². The molecule has 0 saturated heterocycles. The van der Waals surface area contributed by atoms with Gasteiger partial charge in [-0.05, 0) is 30.3 Å². The van der Waals surface area contributed by atoms with E-state index < -0.39 is 9.85 Å². The topological polar surface area (TPSA) is 124 Å². The zero-order chi connectivity index (χ0) is 15.4. The van der Waals surface area contributed by atoms with Gasteiger partial charge in [0.1, 0.15) is 0 Å². The summed E-state index contributed by atoms with van der Waals surface area (Å²) < 4.78 is 0. The van der Waals surface area contributed by atoms with Gasteiger partial charge in [0, 0.05) is 29.5 Å². The van der Waals surface area contributed by atoms with Crippen molar-refractivity contribution >= 4 is 35.2 Å². The number of halogens is 1. The Hall–Kier alpha value is -2.87. The van der Waals surface area contributed by atoms with Crippen LogP contribution in [0.15, 0.2) is 42.5 Å². The minimum atomic E-state index is -0.663. The molecule has 0 aromatic heterocycles. The van der Waals surface area contributed by atoms with E-state index in [0.717, 1.165) is 11.8 Å². The first-order chi connectivity index (χ1) is 9.97. The maximum Gasteiger partial charge on any atom is 0.281 e. The molecule has 2 rings (SSSR count). The Balaban J connectivity index is 0.00000242. The van der Waals surface area contributed by atoms with E-state index in [1.807, 2.05) is 0 Å². The minimum absolute atomic E-state index is 0. The largest absolute Gasteiger partial charge is 0.399 e. The number of nitro benzene ring substituents is 2. The van der Waals surface area contributed by atoms with Crippen molar-refractivity contribution in [2.75, 3.05) is 11.1 Å². The minimum Gasteiger partial charge on any atom is -0.399 e. The van der Waals surface area contributed by atoms with Crippen molar-refractivity contribution in [2.24, 2.45) is 0 Å². The average Bonchev–Trinajstić information content (AvgIpc) is 2.46. The van der Waals surface area contributed by atoms with Crippen LogP contribution in [-0.2, 0) is 6.54 Å². The zero-order valence-corrected chi connectivity index (χ0v) is 12.1. The normalized spacial score (nSPS) is 9.64. The highest BCUT2D eigenvalue weighted by Crippen LogP contribution is 2.25. The van der Waals surface area contributed by atoms with Gasteiger partial charge in [-0.15, -0.1) is 12.4 Å². The van der Waals surface area contributed by atoms with Gasteiger partial charge in [0.2, 0.25) is 0 Å². The van der Waals surface area contributed by atoms with Crippen molar-refractivity contribution in [1.29, 1.82) is 0 Å². The smallest absolute Gasteiger partial charge is 0.281 e. The molecule has 2 aromatic carbocycles. The summed E-state index contributed by atoms with van der Waals surface area (Å²) in [5.74, 6) is 0. The fraction of sp³-hybridized carbons (Fsp3) is 0.0769. The van der Waals surface area contributed by atoms with Crippen LogP contribution in [0.25, 0.3) is 0 Å². The first-order valence-corrected chi connectivity index (χ1v) is 5.98. The molecular formula is C13H13ClN4O4. The molecule has 2 aromatic rings. The number of rotatable bonds is 5. The number of nitrogen functional groups attached to an aromatic ring is 1. The second-order valence-electron chi connectivity index (χ2n) is 4.30. The molecule has 0 bridgehead atoms. The van der Waals surface area contributed by atoms with Crippen LogP contribution < -0.4 is 11.1 Å². The van der Waals surface area contributed by atoms with Crippen LogP contribution in [0.4, 0.5) is 22.7 Å². The van der Waals surface area contributed by atoms with E-state index >= 15 is 0 Å². The lowest BCUT2D eigenvalue weighted by atomic mass is 10.1. The average molecular weight is 325 g/mol. The molecule has 8 nitrogen and oxygen atoms in total. The molecule has 22 heavy (non-hydrogen) atoms. The third kappa shape index (κ3) is 4.06. The Kier molecular flexibility index (Phi) is 5.65. The summed E-state index contributed by atoms with van der Waals surface area (Å²) >= 11 is 0. The van der Waals surface area contributed by atoms with Gasteiger partial charge in [-0.3, -0.25) is 20.2 Å². The number of benzene rings is 2. The third-order valence-corrected chi connectivity index (χ3v) is 2.87. The Morgan fingerprint density at radius 2 is 1.64 bits per heavy atom. The van der Waals surface area contributed by atoms with E-state index in [4.69, 9.17) is 5.73 Å². The molecule has 9 heteroatoms. The molecular weight excluding hydrogens is 312 g/mol. The Morgan fingerprint density at radius 3 is 2.18 bits per heavy atom. The Morgan fingerprint density at radius 1 is 1.00 bits per heavy atom. The van der Waals surface area contributed by atoms with Crippen molar-refractivity contribution in [1.82, 2.24) is 0 Å². The van der Waals surface area contributed by atoms with E-state index in [1.165, 1.54) is 12.1 Å². The zero-order valence-electron chi connectivity index (χ0n) is 11.3. The highest BCUT2D eigenvalue weighted by atomic mass is 35.5. The monoisotopic (exact) mass is 324 g/mol. The van der Waals surface area contributed by atoms with Crippen molar-refractivity contribution in [2.45, 2.75) is 6.54 Å². The molecule has 0 aliphatic heterocycles. The highest BCUT2D eigenvalue weighted by molar-refractivity contribution is 5.85. The summed E-state index contributed by atoms with van der Waals surface area (Å²) in [5.41, 5.74) is 6.69.